The Bertz CT molecular complexity index is 1870. The normalized spacial score (nSPS) is 14.3. The van der Waals surface area contributed by atoms with Crippen LogP contribution in [0.2, 0.25) is 0 Å². The fraction of sp³-hybridized carbons (Fsp3) is 0.948. The molecule has 570 valence electrons. The monoisotopic (exact) mass is 1410 g/mol. The molecule has 0 aliphatic carbocycles. The van der Waals surface area contributed by atoms with Crippen molar-refractivity contribution in [3.05, 3.63) is 0 Å². The van der Waals surface area contributed by atoms with Crippen LogP contribution in [0.3, 0.4) is 0 Å². The summed E-state index contributed by atoms with van der Waals surface area (Å²) in [6, 6.07) is 0. The Balaban J connectivity index is 5.19. The molecule has 17 nitrogen and oxygen atoms in total. The van der Waals surface area contributed by atoms with E-state index < -0.39 is 97.5 Å². The highest BCUT2D eigenvalue weighted by molar-refractivity contribution is 7.47. The molecule has 0 radical (unpaired) electrons. The van der Waals surface area contributed by atoms with Crippen molar-refractivity contribution in [3.63, 3.8) is 0 Å². The zero-order valence-corrected chi connectivity index (χ0v) is 64.6. The van der Waals surface area contributed by atoms with Gasteiger partial charge in [0.15, 0.2) is 12.2 Å². The molecule has 0 saturated heterocycles. The van der Waals surface area contributed by atoms with Gasteiger partial charge in [-0.05, 0) is 43.4 Å². The molecule has 6 atom stereocenters. The number of phosphoric acid groups is 2. The van der Waals surface area contributed by atoms with Crippen LogP contribution in [0.15, 0.2) is 0 Å². The first kappa shape index (κ1) is 94.1. The zero-order chi connectivity index (χ0) is 70.9. The van der Waals surface area contributed by atoms with Gasteiger partial charge in [-0.15, -0.1) is 0 Å². The summed E-state index contributed by atoms with van der Waals surface area (Å²) in [5.41, 5.74) is 0. The van der Waals surface area contributed by atoms with Crippen molar-refractivity contribution < 1.29 is 80.2 Å². The van der Waals surface area contributed by atoms with Crippen LogP contribution >= 0.6 is 15.6 Å². The first-order valence-corrected chi connectivity index (χ1v) is 42.9. The maximum Gasteiger partial charge on any atom is 0.472 e. The highest BCUT2D eigenvalue weighted by Gasteiger charge is 2.30. The molecule has 3 unspecified atom stereocenters. The summed E-state index contributed by atoms with van der Waals surface area (Å²) < 4.78 is 68.5. The minimum Gasteiger partial charge on any atom is -0.462 e. The number of carbonyl (C=O) groups is 4. The summed E-state index contributed by atoms with van der Waals surface area (Å²) in [5.74, 6) is 0.263. The van der Waals surface area contributed by atoms with Crippen LogP contribution in [0.5, 0.6) is 0 Å². The van der Waals surface area contributed by atoms with E-state index >= 15 is 0 Å². The summed E-state index contributed by atoms with van der Waals surface area (Å²) >= 11 is 0. The third kappa shape index (κ3) is 69.2. The average molecular weight is 1410 g/mol. The van der Waals surface area contributed by atoms with Crippen molar-refractivity contribution >= 4 is 39.5 Å². The van der Waals surface area contributed by atoms with Crippen LogP contribution < -0.4 is 0 Å². The van der Waals surface area contributed by atoms with Gasteiger partial charge in [0.1, 0.15) is 19.3 Å². The topological polar surface area (TPSA) is 237 Å². The first-order chi connectivity index (χ1) is 46.3. The molecule has 0 fully saturated rings. The molecule has 0 aromatic heterocycles. The highest BCUT2D eigenvalue weighted by atomic mass is 31.2. The third-order valence-corrected chi connectivity index (χ3v) is 20.1. The summed E-state index contributed by atoms with van der Waals surface area (Å²) in [6.45, 7) is 11.9. The van der Waals surface area contributed by atoms with Crippen LogP contribution in [0, 0.1) is 17.8 Å². The number of hydrogen-bond acceptors (Lipinski definition) is 15. The van der Waals surface area contributed by atoms with E-state index in [2.05, 4.69) is 48.5 Å². The van der Waals surface area contributed by atoms with Gasteiger partial charge < -0.3 is 33.8 Å². The molecule has 0 amide bonds. The van der Waals surface area contributed by atoms with E-state index in [0.717, 1.165) is 114 Å². The summed E-state index contributed by atoms with van der Waals surface area (Å²) in [4.78, 5) is 72.7. The van der Waals surface area contributed by atoms with Gasteiger partial charge in [-0.25, -0.2) is 9.13 Å². The maximum atomic E-state index is 13.1. The maximum absolute atomic E-state index is 13.1. The molecule has 0 rings (SSSR count). The van der Waals surface area contributed by atoms with E-state index in [-0.39, 0.29) is 25.7 Å². The first-order valence-electron chi connectivity index (χ1n) is 39.9. The Morgan fingerprint density at radius 2 is 0.531 bits per heavy atom. The molecule has 0 bridgehead atoms. The van der Waals surface area contributed by atoms with Gasteiger partial charge >= 0.3 is 39.5 Å². The van der Waals surface area contributed by atoms with E-state index in [1.165, 1.54) is 199 Å². The minimum absolute atomic E-state index is 0.106. The number of ether oxygens (including phenoxy) is 4. The van der Waals surface area contributed by atoms with Crippen LogP contribution in [-0.4, -0.2) is 96.7 Å². The Labute approximate surface area is 588 Å². The van der Waals surface area contributed by atoms with Crippen molar-refractivity contribution in [3.8, 4) is 0 Å². The second-order valence-corrected chi connectivity index (χ2v) is 31.8. The average Bonchev–Trinajstić information content (AvgIpc) is 1.48. The molecule has 0 spiro atoms. The van der Waals surface area contributed by atoms with Crippen LogP contribution in [0.4, 0.5) is 0 Å². The number of carbonyl (C=O) groups excluding carboxylic acids is 4. The van der Waals surface area contributed by atoms with Gasteiger partial charge in [-0.1, -0.05) is 344 Å². The van der Waals surface area contributed by atoms with E-state index in [1.807, 2.05) is 0 Å². The van der Waals surface area contributed by atoms with Crippen molar-refractivity contribution in [1.82, 2.24) is 0 Å². The molecule has 96 heavy (non-hydrogen) atoms. The van der Waals surface area contributed by atoms with Gasteiger partial charge in [-0.3, -0.25) is 37.3 Å². The smallest absolute Gasteiger partial charge is 0.462 e. The third-order valence-electron chi connectivity index (χ3n) is 18.2. The number of aliphatic hydroxyl groups is 1. The van der Waals surface area contributed by atoms with Gasteiger partial charge in [0.25, 0.3) is 0 Å². The predicted octanol–water partition coefficient (Wildman–Crippen LogP) is 22.6. The Morgan fingerprint density at radius 3 is 0.792 bits per heavy atom. The number of rotatable bonds is 75. The second kappa shape index (κ2) is 67.5. The lowest BCUT2D eigenvalue weighted by Crippen LogP contribution is -2.30. The largest absolute Gasteiger partial charge is 0.472 e. The second-order valence-electron chi connectivity index (χ2n) is 28.9. The van der Waals surface area contributed by atoms with E-state index in [9.17, 15) is 43.2 Å². The molecule has 0 saturated carbocycles. The molecular weight excluding hydrogens is 1260 g/mol. The number of unbranched alkanes of at least 4 members (excludes halogenated alkanes) is 42. The molecule has 0 aromatic carbocycles. The zero-order valence-electron chi connectivity index (χ0n) is 62.8. The quantitative estimate of drug-likeness (QED) is 0.0222. The summed E-state index contributed by atoms with van der Waals surface area (Å²) in [5, 5.41) is 10.6. The fourth-order valence-electron chi connectivity index (χ4n) is 11.7. The van der Waals surface area contributed by atoms with Crippen molar-refractivity contribution in [2.75, 3.05) is 39.6 Å². The molecule has 0 aromatic rings. The molecule has 19 heteroatoms. The van der Waals surface area contributed by atoms with Crippen molar-refractivity contribution in [2.24, 2.45) is 17.8 Å². The van der Waals surface area contributed by atoms with E-state index in [1.54, 1.807) is 0 Å². The van der Waals surface area contributed by atoms with E-state index in [4.69, 9.17) is 37.0 Å². The molecular formula is C77H150O17P2. The van der Waals surface area contributed by atoms with Crippen LogP contribution in [0.1, 0.15) is 395 Å². The summed E-state index contributed by atoms with van der Waals surface area (Å²) in [6.07, 6.45) is 54.2. The molecule has 0 aliphatic heterocycles. The molecule has 0 aliphatic rings. The SMILES string of the molecule is CCCCCCCCCCC(=O)OC[C@H](COP(=O)(O)OC[C@H](O)COP(=O)(O)OC[C@@H](COC(=O)CCCCCCCCCCCCC(C)CC)OC(=O)CCCCCCCCCCCCCCCCCCCCC(C)C)OC(=O)CCCCCCCCCCCCC(C)C. The number of esters is 4. The van der Waals surface area contributed by atoms with Crippen LogP contribution in [-0.2, 0) is 65.4 Å². The van der Waals surface area contributed by atoms with Crippen molar-refractivity contribution in [1.29, 1.82) is 0 Å². The number of hydrogen-bond donors (Lipinski definition) is 3. The molecule has 0 heterocycles. The van der Waals surface area contributed by atoms with Gasteiger partial charge in [0, 0.05) is 25.7 Å². The lowest BCUT2D eigenvalue weighted by Gasteiger charge is -2.21. The highest BCUT2D eigenvalue weighted by Crippen LogP contribution is 2.45. The number of phosphoric ester groups is 2. The van der Waals surface area contributed by atoms with Gasteiger partial charge in [0.05, 0.1) is 26.4 Å². The van der Waals surface area contributed by atoms with Crippen molar-refractivity contribution in [2.45, 2.75) is 414 Å². The number of aliphatic hydroxyl groups excluding tert-OH is 1. The lowest BCUT2D eigenvalue weighted by atomic mass is 9.99. The Morgan fingerprint density at radius 1 is 0.302 bits per heavy atom. The fourth-order valence-corrected chi connectivity index (χ4v) is 13.3. The predicted molar refractivity (Wildman–Crippen MR) is 391 cm³/mol. The van der Waals surface area contributed by atoms with Gasteiger partial charge in [0.2, 0.25) is 0 Å². The minimum atomic E-state index is -4.96. The molecule has 3 N–H and O–H groups in total. The van der Waals surface area contributed by atoms with Gasteiger partial charge in [-0.2, -0.15) is 0 Å². The Kier molecular flexibility index (Phi) is 66.2. The lowest BCUT2D eigenvalue weighted by molar-refractivity contribution is -0.161. The Hall–Kier alpha value is -1.94. The summed E-state index contributed by atoms with van der Waals surface area (Å²) in [7, 11) is -9.91. The van der Waals surface area contributed by atoms with Crippen LogP contribution in [0.25, 0.3) is 0 Å². The standard InChI is InChI=1S/C77H150O17P2/c1-8-10-11-12-13-37-44-51-58-74(79)87-64-72(93-77(82)61-54-47-40-33-26-24-29-35-42-49-56-69(5)6)66-91-95(83,84)89-62-71(78)63-90-96(85,86)92-67-73(65-88-75(80)59-52-45-38-31-27-25-30-36-43-50-57-70(7)9-2)94-76(81)60-53-46-39-32-23-21-19-17-15-14-16-18-20-22-28-34-41-48-55-68(3)4/h68-73,78H,8-67H2,1-7H3,(H,83,84)(H,85,86)/t70?,71-,72+,73+/m0/s1. The van der Waals surface area contributed by atoms with E-state index in [0.29, 0.717) is 25.7 Å².